The highest BCUT2D eigenvalue weighted by Gasteiger charge is 2.34. The van der Waals surface area contributed by atoms with Gasteiger partial charge in [-0.05, 0) is 31.5 Å². The van der Waals surface area contributed by atoms with Gasteiger partial charge in [0.2, 0.25) is 5.91 Å². The van der Waals surface area contributed by atoms with Gasteiger partial charge in [-0.3, -0.25) is 9.59 Å². The fourth-order valence-corrected chi connectivity index (χ4v) is 2.60. The Labute approximate surface area is 125 Å². The number of nitrogens with one attached hydrogen (secondary N) is 2. The monoisotopic (exact) mass is 289 g/mol. The molecule has 114 valence electrons. The summed E-state index contributed by atoms with van der Waals surface area (Å²) in [4.78, 5) is 26.4. The van der Waals surface area contributed by atoms with Crippen molar-refractivity contribution in [1.29, 1.82) is 0 Å². The normalized spacial score (nSPS) is 17.8. The molecule has 1 aromatic carbocycles. The summed E-state index contributed by atoms with van der Waals surface area (Å²) in [6.45, 7) is 4.91. The second-order valence-electron chi connectivity index (χ2n) is 5.17. The van der Waals surface area contributed by atoms with Gasteiger partial charge in [-0.25, -0.2) is 0 Å². The number of hydrogen-bond acceptors (Lipinski definition) is 3. The molecule has 0 radical (unpaired) electrons. The minimum absolute atomic E-state index is 0.0466. The maximum Gasteiger partial charge on any atom is 0.254 e. The van der Waals surface area contributed by atoms with E-state index in [9.17, 15) is 9.59 Å². The number of nitrogens with zero attached hydrogens (tertiary/aromatic N) is 1. The summed E-state index contributed by atoms with van der Waals surface area (Å²) in [5.74, 6) is -0.102. The molecular formula is C16H23N3O2. The Balaban J connectivity index is 1.93. The van der Waals surface area contributed by atoms with Crippen molar-refractivity contribution in [3.05, 3.63) is 35.9 Å². The maximum absolute atomic E-state index is 12.5. The molecule has 1 aliphatic rings. The second-order valence-corrected chi connectivity index (χ2v) is 5.17. The maximum atomic E-state index is 12.5. The van der Waals surface area contributed by atoms with Gasteiger partial charge < -0.3 is 15.5 Å². The lowest BCUT2D eigenvalue weighted by Crippen LogP contribution is -2.47. The molecule has 1 aliphatic heterocycles. The molecule has 1 aromatic rings. The number of rotatable bonds is 6. The van der Waals surface area contributed by atoms with Crippen LogP contribution in [0.15, 0.2) is 30.3 Å². The Kier molecular flexibility index (Phi) is 5.75. The Morgan fingerprint density at radius 1 is 1.24 bits per heavy atom. The van der Waals surface area contributed by atoms with Crippen molar-refractivity contribution in [3.8, 4) is 0 Å². The highest BCUT2D eigenvalue weighted by atomic mass is 16.2. The minimum atomic E-state index is -0.334. The quantitative estimate of drug-likeness (QED) is 0.769. The van der Waals surface area contributed by atoms with Gasteiger partial charge >= 0.3 is 0 Å². The van der Waals surface area contributed by atoms with Crippen LogP contribution < -0.4 is 10.6 Å². The molecule has 0 spiro atoms. The predicted molar refractivity (Wildman–Crippen MR) is 82.1 cm³/mol. The molecule has 1 unspecified atom stereocenters. The summed E-state index contributed by atoms with van der Waals surface area (Å²) in [6.07, 6.45) is 1.62. The van der Waals surface area contributed by atoms with Crippen LogP contribution in [-0.4, -0.2) is 48.9 Å². The Morgan fingerprint density at radius 3 is 2.71 bits per heavy atom. The average molecular weight is 289 g/mol. The molecule has 1 fully saturated rings. The minimum Gasteiger partial charge on any atom is -0.353 e. The molecule has 1 heterocycles. The first-order chi connectivity index (χ1) is 10.2. The summed E-state index contributed by atoms with van der Waals surface area (Å²) in [6, 6.07) is 8.82. The molecular weight excluding hydrogens is 266 g/mol. The van der Waals surface area contributed by atoms with Crippen LogP contribution in [0.3, 0.4) is 0 Å². The van der Waals surface area contributed by atoms with E-state index >= 15 is 0 Å². The van der Waals surface area contributed by atoms with Crippen molar-refractivity contribution in [2.45, 2.75) is 25.8 Å². The van der Waals surface area contributed by atoms with Gasteiger partial charge in [0.15, 0.2) is 0 Å². The van der Waals surface area contributed by atoms with Crippen LogP contribution in [0.25, 0.3) is 0 Å². The Hall–Kier alpha value is -1.88. The molecule has 21 heavy (non-hydrogen) atoms. The number of benzene rings is 1. The summed E-state index contributed by atoms with van der Waals surface area (Å²) in [5, 5.41) is 6.06. The van der Waals surface area contributed by atoms with Crippen LogP contribution in [0.1, 0.15) is 30.1 Å². The van der Waals surface area contributed by atoms with Gasteiger partial charge in [-0.2, -0.15) is 0 Å². The van der Waals surface area contributed by atoms with Gasteiger partial charge in [-0.15, -0.1) is 0 Å². The van der Waals surface area contributed by atoms with E-state index < -0.39 is 0 Å². The standard InChI is InChI=1S/C16H23N3O2/c1-2-17-10-11-18-15(20)14-9-6-12-19(14)16(21)13-7-4-3-5-8-13/h3-5,7-8,14,17H,2,6,9-12H2,1H3,(H,18,20). The molecule has 5 heteroatoms. The molecule has 0 saturated carbocycles. The summed E-state index contributed by atoms with van der Waals surface area (Å²) in [7, 11) is 0. The topological polar surface area (TPSA) is 61.4 Å². The zero-order valence-corrected chi connectivity index (χ0v) is 12.5. The van der Waals surface area contributed by atoms with Crippen molar-refractivity contribution in [2.24, 2.45) is 0 Å². The zero-order valence-electron chi connectivity index (χ0n) is 12.5. The fraction of sp³-hybridized carbons (Fsp3) is 0.500. The average Bonchev–Trinajstić information content (AvgIpc) is 3.01. The largest absolute Gasteiger partial charge is 0.353 e. The van der Waals surface area contributed by atoms with Crippen molar-refractivity contribution in [2.75, 3.05) is 26.2 Å². The lowest BCUT2D eigenvalue weighted by atomic mass is 10.1. The molecule has 1 saturated heterocycles. The summed E-state index contributed by atoms with van der Waals surface area (Å²) >= 11 is 0. The van der Waals surface area contributed by atoms with Crippen molar-refractivity contribution in [1.82, 2.24) is 15.5 Å². The lowest BCUT2D eigenvalue weighted by Gasteiger charge is -2.24. The first-order valence-corrected chi connectivity index (χ1v) is 7.58. The Bertz CT molecular complexity index is 476. The molecule has 2 N–H and O–H groups in total. The van der Waals surface area contributed by atoms with Gasteiger partial charge in [0.05, 0.1) is 0 Å². The molecule has 2 amide bonds. The summed E-state index contributed by atoms with van der Waals surface area (Å²) < 4.78 is 0. The van der Waals surface area contributed by atoms with E-state index in [1.54, 1.807) is 17.0 Å². The number of likely N-dealkylation sites (N-methyl/N-ethyl adjacent to an activating group) is 1. The van der Waals surface area contributed by atoms with Crippen LogP contribution in [-0.2, 0) is 4.79 Å². The summed E-state index contributed by atoms with van der Waals surface area (Å²) in [5.41, 5.74) is 0.643. The van der Waals surface area contributed by atoms with Crippen molar-refractivity contribution in [3.63, 3.8) is 0 Å². The zero-order chi connectivity index (χ0) is 15.1. The van der Waals surface area contributed by atoms with Crippen molar-refractivity contribution < 1.29 is 9.59 Å². The van der Waals surface area contributed by atoms with Crippen LogP contribution in [0.2, 0.25) is 0 Å². The molecule has 0 aliphatic carbocycles. The highest BCUT2D eigenvalue weighted by molar-refractivity contribution is 5.97. The third-order valence-electron chi connectivity index (χ3n) is 3.69. The van der Waals surface area contributed by atoms with E-state index in [1.165, 1.54) is 0 Å². The van der Waals surface area contributed by atoms with E-state index in [0.29, 0.717) is 18.7 Å². The number of amides is 2. The highest BCUT2D eigenvalue weighted by Crippen LogP contribution is 2.20. The van der Waals surface area contributed by atoms with Crippen LogP contribution in [0.4, 0.5) is 0 Å². The predicted octanol–water partition coefficient (Wildman–Crippen LogP) is 1.02. The SMILES string of the molecule is CCNCCNC(=O)C1CCCN1C(=O)c1ccccc1. The Morgan fingerprint density at radius 2 is 2.00 bits per heavy atom. The third kappa shape index (κ3) is 4.04. The van der Waals surface area contributed by atoms with Crippen molar-refractivity contribution >= 4 is 11.8 Å². The van der Waals surface area contributed by atoms with Gasteiger partial charge in [0, 0.05) is 25.2 Å². The number of hydrogen-bond donors (Lipinski definition) is 2. The van der Waals surface area contributed by atoms with Crippen LogP contribution >= 0.6 is 0 Å². The van der Waals surface area contributed by atoms with Crippen LogP contribution in [0.5, 0.6) is 0 Å². The van der Waals surface area contributed by atoms with E-state index in [2.05, 4.69) is 10.6 Å². The molecule has 2 rings (SSSR count). The smallest absolute Gasteiger partial charge is 0.254 e. The van der Waals surface area contributed by atoms with E-state index in [0.717, 1.165) is 25.9 Å². The lowest BCUT2D eigenvalue weighted by molar-refractivity contribution is -0.124. The van der Waals surface area contributed by atoms with Gasteiger partial charge in [-0.1, -0.05) is 25.1 Å². The molecule has 5 nitrogen and oxygen atoms in total. The molecule has 1 atom stereocenters. The second kappa shape index (κ2) is 7.78. The first kappa shape index (κ1) is 15.5. The third-order valence-corrected chi connectivity index (χ3v) is 3.69. The van der Waals surface area contributed by atoms with Crippen LogP contribution in [0, 0.1) is 0 Å². The van der Waals surface area contributed by atoms with E-state index in [1.807, 2.05) is 25.1 Å². The molecule has 0 aromatic heterocycles. The van der Waals surface area contributed by atoms with Gasteiger partial charge in [0.1, 0.15) is 6.04 Å². The number of carbonyl (C=O) groups is 2. The van der Waals surface area contributed by atoms with Gasteiger partial charge in [0.25, 0.3) is 5.91 Å². The first-order valence-electron chi connectivity index (χ1n) is 7.58. The molecule has 0 bridgehead atoms. The fourth-order valence-electron chi connectivity index (χ4n) is 2.60. The van der Waals surface area contributed by atoms with E-state index in [4.69, 9.17) is 0 Å². The number of carbonyl (C=O) groups excluding carboxylic acids is 2. The van der Waals surface area contributed by atoms with E-state index in [-0.39, 0.29) is 17.9 Å². The number of likely N-dealkylation sites (tertiary alicyclic amines) is 1.